The Morgan fingerprint density at radius 1 is 1.35 bits per heavy atom. The average molecular weight is 299 g/mol. The molecule has 0 aliphatic carbocycles. The van der Waals surface area contributed by atoms with Crippen LogP contribution in [0.2, 0.25) is 5.02 Å². The van der Waals surface area contributed by atoms with Gasteiger partial charge in [-0.2, -0.15) is 0 Å². The molecule has 0 aromatic heterocycles. The molecule has 0 aliphatic heterocycles. The second-order valence-corrected chi connectivity index (χ2v) is 5.32. The predicted octanol–water partition coefficient (Wildman–Crippen LogP) is 2.21. The minimum Gasteiger partial charge on any atom is -0.409 e. The van der Waals surface area contributed by atoms with Crippen LogP contribution in [0.25, 0.3) is 0 Å². The van der Waals surface area contributed by atoms with E-state index in [0.29, 0.717) is 10.6 Å². The Morgan fingerprint density at radius 3 is 2.60 bits per heavy atom. The Morgan fingerprint density at radius 2 is 2.05 bits per heavy atom. The van der Waals surface area contributed by atoms with E-state index in [4.69, 9.17) is 22.5 Å². The zero-order valence-corrected chi connectivity index (χ0v) is 13.1. The first-order chi connectivity index (χ1) is 9.49. The molecule has 3 N–H and O–H groups in total. The number of rotatable bonds is 7. The lowest BCUT2D eigenvalue weighted by Crippen LogP contribution is -2.29. The molecule has 0 radical (unpaired) electrons. The lowest BCUT2D eigenvalue weighted by molar-refractivity contribution is 0.318. The van der Waals surface area contributed by atoms with Gasteiger partial charge in [0, 0.05) is 29.4 Å². The third-order valence-electron chi connectivity index (χ3n) is 3.10. The molecule has 0 heterocycles. The molecule has 5 nitrogen and oxygen atoms in total. The molecule has 6 heteroatoms. The van der Waals surface area contributed by atoms with Crippen molar-refractivity contribution < 1.29 is 5.21 Å². The summed E-state index contributed by atoms with van der Waals surface area (Å²) in [5.41, 5.74) is 7.33. The van der Waals surface area contributed by atoms with Crippen LogP contribution < -0.4 is 10.6 Å². The Hall–Kier alpha value is -1.46. The van der Waals surface area contributed by atoms with Gasteiger partial charge in [0.2, 0.25) is 0 Å². The highest BCUT2D eigenvalue weighted by atomic mass is 35.5. The topological polar surface area (TPSA) is 65.1 Å². The quantitative estimate of drug-likeness (QED) is 0.351. The highest BCUT2D eigenvalue weighted by molar-refractivity contribution is 6.31. The molecule has 0 unspecified atom stereocenters. The Balaban J connectivity index is 2.98. The minimum atomic E-state index is 0.0997. The van der Waals surface area contributed by atoms with Crippen molar-refractivity contribution in [2.75, 3.05) is 38.6 Å². The molecule has 0 saturated heterocycles. The molecule has 20 heavy (non-hydrogen) atoms. The number of nitrogens with two attached hydrogens (primary N) is 1. The third kappa shape index (κ3) is 4.58. The van der Waals surface area contributed by atoms with Crippen LogP contribution in [0.5, 0.6) is 0 Å². The molecule has 112 valence electrons. The van der Waals surface area contributed by atoms with E-state index in [1.165, 1.54) is 0 Å². The molecule has 0 aliphatic rings. The molecular weight excluding hydrogens is 276 g/mol. The van der Waals surface area contributed by atoms with Crippen LogP contribution in [0.1, 0.15) is 18.9 Å². The van der Waals surface area contributed by atoms with Gasteiger partial charge in [-0.25, -0.2) is 0 Å². The van der Waals surface area contributed by atoms with Gasteiger partial charge >= 0.3 is 0 Å². The maximum absolute atomic E-state index is 8.89. The smallest absolute Gasteiger partial charge is 0.172 e. The van der Waals surface area contributed by atoms with Gasteiger partial charge in [-0.15, -0.1) is 0 Å². The fourth-order valence-corrected chi connectivity index (χ4v) is 2.23. The summed E-state index contributed by atoms with van der Waals surface area (Å²) in [5.74, 6) is 0.0997. The van der Waals surface area contributed by atoms with E-state index in [-0.39, 0.29) is 5.84 Å². The van der Waals surface area contributed by atoms with Gasteiger partial charge in [0.15, 0.2) is 5.84 Å². The molecule has 0 bridgehead atoms. The number of benzene rings is 1. The van der Waals surface area contributed by atoms with Crippen molar-refractivity contribution >= 4 is 23.1 Å². The maximum atomic E-state index is 8.89. The number of amidine groups is 1. The van der Waals surface area contributed by atoms with Gasteiger partial charge < -0.3 is 20.7 Å². The Kier molecular flexibility index (Phi) is 6.61. The predicted molar refractivity (Wildman–Crippen MR) is 85.0 cm³/mol. The fourth-order valence-electron chi connectivity index (χ4n) is 2.06. The largest absolute Gasteiger partial charge is 0.409 e. The standard InChI is InChI=1S/C14H23ClN4O/c1-4-19(9-5-8-18(2)3)13-10-11(15)6-7-12(13)14(16)17-20/h6-7,10,20H,4-5,8-9H2,1-3H3,(H2,16,17). The van der Waals surface area contributed by atoms with Crippen LogP contribution >= 0.6 is 11.6 Å². The minimum absolute atomic E-state index is 0.0997. The molecule has 0 atom stereocenters. The van der Waals surface area contributed by atoms with Crippen molar-refractivity contribution in [3.8, 4) is 0 Å². The van der Waals surface area contributed by atoms with Crippen molar-refractivity contribution in [3.63, 3.8) is 0 Å². The summed E-state index contributed by atoms with van der Waals surface area (Å²) in [6.45, 7) is 4.81. The van der Waals surface area contributed by atoms with Crippen LogP contribution in [0.4, 0.5) is 5.69 Å². The number of anilines is 1. The third-order valence-corrected chi connectivity index (χ3v) is 3.33. The fraction of sp³-hybridized carbons (Fsp3) is 0.500. The van der Waals surface area contributed by atoms with Crippen LogP contribution in [0, 0.1) is 0 Å². The SMILES string of the molecule is CCN(CCCN(C)C)c1cc(Cl)ccc1/C(N)=N/O. The number of oxime groups is 1. The van der Waals surface area contributed by atoms with Gasteiger partial charge in [0.05, 0.1) is 0 Å². The summed E-state index contributed by atoms with van der Waals surface area (Å²) in [6.07, 6.45) is 1.03. The molecule has 1 aromatic carbocycles. The zero-order valence-electron chi connectivity index (χ0n) is 12.3. The molecule has 0 fully saturated rings. The van der Waals surface area contributed by atoms with Crippen molar-refractivity contribution in [2.24, 2.45) is 10.9 Å². The maximum Gasteiger partial charge on any atom is 0.172 e. The van der Waals surface area contributed by atoms with E-state index >= 15 is 0 Å². The summed E-state index contributed by atoms with van der Waals surface area (Å²) in [6, 6.07) is 5.38. The van der Waals surface area contributed by atoms with Crippen LogP contribution in [0.3, 0.4) is 0 Å². The average Bonchev–Trinajstić information content (AvgIpc) is 2.42. The molecule has 0 spiro atoms. The number of hydrogen-bond donors (Lipinski definition) is 2. The molecule has 1 rings (SSSR count). The van der Waals surface area contributed by atoms with Gasteiger partial charge in [0.25, 0.3) is 0 Å². The Labute approximate surface area is 125 Å². The highest BCUT2D eigenvalue weighted by Gasteiger charge is 2.13. The van der Waals surface area contributed by atoms with Crippen molar-refractivity contribution in [1.29, 1.82) is 0 Å². The first kappa shape index (κ1) is 16.6. The Bertz CT molecular complexity index is 462. The van der Waals surface area contributed by atoms with Crippen molar-refractivity contribution in [1.82, 2.24) is 4.90 Å². The van der Waals surface area contributed by atoms with Crippen molar-refractivity contribution in [2.45, 2.75) is 13.3 Å². The first-order valence-electron chi connectivity index (χ1n) is 6.66. The van der Waals surface area contributed by atoms with E-state index < -0.39 is 0 Å². The van der Waals surface area contributed by atoms with Crippen LogP contribution in [0.15, 0.2) is 23.4 Å². The molecular formula is C14H23ClN4O. The first-order valence-corrected chi connectivity index (χ1v) is 7.04. The summed E-state index contributed by atoms with van der Waals surface area (Å²) in [4.78, 5) is 4.33. The molecule has 0 saturated carbocycles. The summed E-state index contributed by atoms with van der Waals surface area (Å²) in [7, 11) is 4.11. The number of halogens is 1. The second kappa shape index (κ2) is 7.97. The lowest BCUT2D eigenvalue weighted by atomic mass is 10.1. The summed E-state index contributed by atoms with van der Waals surface area (Å²) >= 11 is 6.07. The second-order valence-electron chi connectivity index (χ2n) is 4.88. The van der Waals surface area contributed by atoms with E-state index in [2.05, 4.69) is 36.0 Å². The van der Waals surface area contributed by atoms with Gasteiger partial charge in [0.1, 0.15) is 0 Å². The van der Waals surface area contributed by atoms with Gasteiger partial charge in [-0.05, 0) is 52.2 Å². The number of hydrogen-bond acceptors (Lipinski definition) is 4. The van der Waals surface area contributed by atoms with Crippen LogP contribution in [-0.2, 0) is 0 Å². The van der Waals surface area contributed by atoms with E-state index in [1.54, 1.807) is 12.1 Å². The zero-order chi connectivity index (χ0) is 15.1. The lowest BCUT2D eigenvalue weighted by Gasteiger charge is -2.26. The summed E-state index contributed by atoms with van der Waals surface area (Å²) < 4.78 is 0. The van der Waals surface area contributed by atoms with Gasteiger partial charge in [-0.3, -0.25) is 0 Å². The molecule has 0 amide bonds. The van der Waals surface area contributed by atoms with E-state index in [1.807, 2.05) is 6.07 Å². The monoisotopic (exact) mass is 298 g/mol. The van der Waals surface area contributed by atoms with E-state index in [9.17, 15) is 0 Å². The number of nitrogens with zero attached hydrogens (tertiary/aromatic N) is 3. The highest BCUT2D eigenvalue weighted by Crippen LogP contribution is 2.25. The van der Waals surface area contributed by atoms with Crippen LogP contribution in [-0.4, -0.2) is 49.7 Å². The van der Waals surface area contributed by atoms with Gasteiger partial charge in [-0.1, -0.05) is 16.8 Å². The summed E-state index contributed by atoms with van der Waals surface area (Å²) in [5, 5.41) is 12.6. The van der Waals surface area contributed by atoms with E-state index in [0.717, 1.165) is 31.7 Å². The molecule has 1 aromatic rings. The van der Waals surface area contributed by atoms with Crippen molar-refractivity contribution in [3.05, 3.63) is 28.8 Å². The normalized spacial score (nSPS) is 11.9.